The van der Waals surface area contributed by atoms with Crippen LogP contribution >= 0.6 is 0 Å². The van der Waals surface area contributed by atoms with Crippen molar-refractivity contribution in [3.63, 3.8) is 0 Å². The van der Waals surface area contributed by atoms with E-state index in [2.05, 4.69) is 278 Å². The molecule has 3 heteroatoms. The monoisotopic (exact) mass is 883 g/mol. The second kappa shape index (κ2) is 16.1. The lowest BCUT2D eigenvalue weighted by atomic mass is 9.68. The maximum Gasteiger partial charge on any atom is 0.179 e. The molecular formula is C65H45NOSi. The van der Waals surface area contributed by atoms with Crippen LogP contribution in [0.5, 0.6) is 0 Å². The van der Waals surface area contributed by atoms with E-state index >= 15 is 0 Å². The molecule has 68 heavy (non-hydrogen) atoms. The Hall–Kier alpha value is -8.50. The second-order valence-corrected chi connectivity index (χ2v) is 21.7. The summed E-state index contributed by atoms with van der Waals surface area (Å²) in [7, 11) is -2.80. The van der Waals surface area contributed by atoms with E-state index in [1.807, 2.05) is 0 Å². The number of anilines is 3. The number of rotatable bonds is 9. The fraction of sp³-hybridized carbons (Fsp3) is 0.0154. The number of nitrogens with zero attached hydrogens (tertiary/aromatic N) is 1. The van der Waals surface area contributed by atoms with Crippen LogP contribution in [0.3, 0.4) is 0 Å². The van der Waals surface area contributed by atoms with Gasteiger partial charge in [0.2, 0.25) is 0 Å². The van der Waals surface area contributed by atoms with Crippen molar-refractivity contribution < 1.29 is 4.42 Å². The van der Waals surface area contributed by atoms with Crippen molar-refractivity contribution in [1.29, 1.82) is 0 Å². The van der Waals surface area contributed by atoms with Gasteiger partial charge in [0.1, 0.15) is 11.2 Å². The molecule has 0 spiro atoms. The summed E-state index contributed by atoms with van der Waals surface area (Å²) < 4.78 is 6.92. The lowest BCUT2D eigenvalue weighted by molar-refractivity contribution is 0.672. The average Bonchev–Trinajstić information content (AvgIpc) is 3.96. The number of benzene rings is 11. The first-order chi connectivity index (χ1) is 33.8. The summed E-state index contributed by atoms with van der Waals surface area (Å²) >= 11 is 0. The molecule has 1 aromatic heterocycles. The molecule has 0 atom stereocenters. The number of furan rings is 1. The van der Waals surface area contributed by atoms with Crippen LogP contribution < -0.4 is 25.6 Å². The van der Waals surface area contributed by atoms with E-state index in [9.17, 15) is 0 Å². The minimum absolute atomic E-state index is 0.556. The van der Waals surface area contributed by atoms with Gasteiger partial charge in [-0.25, -0.2) is 0 Å². The van der Waals surface area contributed by atoms with Gasteiger partial charge in [-0.1, -0.05) is 237 Å². The van der Waals surface area contributed by atoms with Crippen molar-refractivity contribution in [3.05, 3.63) is 295 Å². The molecule has 11 aromatic carbocycles. The lowest BCUT2D eigenvalue weighted by Crippen LogP contribution is -2.74. The molecule has 320 valence electrons. The highest BCUT2D eigenvalue weighted by atomic mass is 28.3. The summed E-state index contributed by atoms with van der Waals surface area (Å²) in [6, 6.07) is 101. The van der Waals surface area contributed by atoms with Crippen molar-refractivity contribution in [3.8, 4) is 11.1 Å². The van der Waals surface area contributed by atoms with Crippen LogP contribution in [0.25, 0.3) is 43.8 Å². The quantitative estimate of drug-likeness (QED) is 0.106. The summed E-state index contributed by atoms with van der Waals surface area (Å²) in [5, 5.41) is 9.80. The van der Waals surface area contributed by atoms with E-state index in [1.54, 1.807) is 0 Å². The molecule has 1 aliphatic rings. The van der Waals surface area contributed by atoms with E-state index in [0.717, 1.165) is 49.8 Å². The highest BCUT2D eigenvalue weighted by Crippen LogP contribution is 2.60. The minimum Gasteiger partial charge on any atom is -0.455 e. The van der Waals surface area contributed by atoms with Crippen LogP contribution in [0.4, 0.5) is 17.1 Å². The molecule has 2 nitrogen and oxygen atoms in total. The van der Waals surface area contributed by atoms with Gasteiger partial charge in [-0.15, -0.1) is 0 Å². The Morgan fingerprint density at radius 2 is 0.853 bits per heavy atom. The number of hydrogen-bond acceptors (Lipinski definition) is 2. The van der Waals surface area contributed by atoms with Crippen molar-refractivity contribution >= 4 is 78.6 Å². The zero-order chi connectivity index (χ0) is 45.1. The summed E-state index contributed by atoms with van der Waals surface area (Å²) in [5.41, 5.74) is 11.9. The molecule has 0 bridgehead atoms. The molecule has 0 aliphatic heterocycles. The fourth-order valence-electron chi connectivity index (χ4n) is 11.7. The molecule has 1 aliphatic carbocycles. The third-order valence-corrected chi connectivity index (χ3v) is 19.3. The Morgan fingerprint density at radius 3 is 1.49 bits per heavy atom. The lowest BCUT2D eigenvalue weighted by Gasteiger charge is -2.35. The zero-order valence-corrected chi connectivity index (χ0v) is 38.3. The standard InChI is InChI=1S/C65H45NOSi/c1-6-23-47(24-7-1)65(48-25-8-2-9-26-48)57-35-19-18-34-55(57)62-58(65)36-20-37-59(62)66(60-38-21-39-61-63(60)56-45-40-46-22-16-17-33-54(46)64(56)67-61)49-41-43-53(44-42-49)68(50-27-10-3-11-28-50,51-29-12-4-13-30-51)52-31-14-5-15-32-52/h1-45H. The Bertz CT molecular complexity index is 3640. The molecule has 0 fully saturated rings. The molecule has 0 unspecified atom stereocenters. The van der Waals surface area contributed by atoms with E-state index < -0.39 is 13.5 Å². The predicted molar refractivity (Wildman–Crippen MR) is 287 cm³/mol. The van der Waals surface area contributed by atoms with Crippen molar-refractivity contribution in [2.75, 3.05) is 4.90 Å². The first-order valence-electron chi connectivity index (χ1n) is 23.5. The number of fused-ring (bicyclic) bond motifs is 8. The highest BCUT2D eigenvalue weighted by Gasteiger charge is 2.47. The van der Waals surface area contributed by atoms with Crippen LogP contribution in [0.2, 0.25) is 0 Å². The van der Waals surface area contributed by atoms with Crippen molar-refractivity contribution in [2.24, 2.45) is 0 Å². The zero-order valence-electron chi connectivity index (χ0n) is 37.3. The van der Waals surface area contributed by atoms with E-state index in [0.29, 0.717) is 0 Å². The second-order valence-electron chi connectivity index (χ2n) is 17.9. The van der Waals surface area contributed by atoms with Gasteiger partial charge in [-0.2, -0.15) is 0 Å². The normalized spacial score (nSPS) is 12.8. The molecular weight excluding hydrogens is 839 g/mol. The minimum atomic E-state index is -2.80. The van der Waals surface area contributed by atoms with Gasteiger partial charge in [0.05, 0.1) is 22.2 Å². The molecule has 1 heterocycles. The molecule has 13 rings (SSSR count). The Morgan fingerprint density at radius 1 is 0.353 bits per heavy atom. The van der Waals surface area contributed by atoms with Gasteiger partial charge < -0.3 is 9.32 Å². The summed E-state index contributed by atoms with van der Waals surface area (Å²) in [5.74, 6) is 0. The number of hydrogen-bond donors (Lipinski definition) is 0. The summed E-state index contributed by atoms with van der Waals surface area (Å²) in [4.78, 5) is 2.51. The third kappa shape index (κ3) is 5.89. The third-order valence-electron chi connectivity index (χ3n) is 14.5. The van der Waals surface area contributed by atoms with Crippen LogP contribution in [0, 0.1) is 0 Å². The maximum atomic E-state index is 6.92. The van der Waals surface area contributed by atoms with Crippen LogP contribution in [0.15, 0.2) is 277 Å². The van der Waals surface area contributed by atoms with Gasteiger partial charge in [0, 0.05) is 22.0 Å². The van der Waals surface area contributed by atoms with Crippen molar-refractivity contribution in [1.82, 2.24) is 0 Å². The van der Waals surface area contributed by atoms with Gasteiger partial charge in [-0.05, 0) is 90.3 Å². The topological polar surface area (TPSA) is 16.4 Å². The fourth-order valence-corrected chi connectivity index (χ4v) is 16.5. The van der Waals surface area contributed by atoms with Crippen LogP contribution in [0.1, 0.15) is 22.3 Å². The molecule has 0 saturated carbocycles. The first-order valence-corrected chi connectivity index (χ1v) is 25.5. The largest absolute Gasteiger partial charge is 0.455 e. The van der Waals surface area contributed by atoms with Crippen molar-refractivity contribution in [2.45, 2.75) is 5.41 Å². The van der Waals surface area contributed by atoms with E-state index in [1.165, 1.54) is 54.1 Å². The first kappa shape index (κ1) is 39.8. The molecule has 0 N–H and O–H groups in total. The molecule has 0 radical (unpaired) electrons. The SMILES string of the molecule is c1ccc(C2(c3ccccc3)c3ccccc3-c3c(N(c4ccc([Si](c5ccccc5)(c5ccccc5)c5ccccc5)cc4)c4cccc5oc6c7ccccc7ccc6c45)cccc32)cc1. The highest BCUT2D eigenvalue weighted by molar-refractivity contribution is 7.19. The maximum absolute atomic E-state index is 6.92. The Balaban J connectivity index is 1.11. The summed E-state index contributed by atoms with van der Waals surface area (Å²) in [6.45, 7) is 0. The summed E-state index contributed by atoms with van der Waals surface area (Å²) in [6.07, 6.45) is 0. The average molecular weight is 884 g/mol. The molecule has 0 amide bonds. The molecule has 0 saturated heterocycles. The van der Waals surface area contributed by atoms with Gasteiger partial charge in [-0.3, -0.25) is 0 Å². The molecule has 12 aromatic rings. The van der Waals surface area contributed by atoms with E-state index in [-0.39, 0.29) is 0 Å². The van der Waals surface area contributed by atoms with Crippen LogP contribution in [-0.4, -0.2) is 8.07 Å². The van der Waals surface area contributed by atoms with Crippen LogP contribution in [-0.2, 0) is 5.41 Å². The van der Waals surface area contributed by atoms with Gasteiger partial charge >= 0.3 is 0 Å². The van der Waals surface area contributed by atoms with E-state index in [4.69, 9.17) is 4.42 Å². The van der Waals surface area contributed by atoms with Gasteiger partial charge in [0.15, 0.2) is 8.07 Å². The van der Waals surface area contributed by atoms with Gasteiger partial charge in [0.25, 0.3) is 0 Å². The predicted octanol–water partition coefficient (Wildman–Crippen LogP) is 13.9. The smallest absolute Gasteiger partial charge is 0.179 e. The Kier molecular flexibility index (Phi) is 9.45. The Labute approximate surface area is 397 Å².